The standard InChI is InChI=1S/C20H28N4O3S/c1-16-10-13-24(14-11-16)28(26,27)20-18(15-23(2)22-20)19(25)21-12-6-9-17-7-4-3-5-8-17/h3-5,7-8,15-16H,6,9-14H2,1-2H3,(H,21,25). The molecule has 1 aromatic heterocycles. The smallest absolute Gasteiger partial charge is 0.263 e. The first kappa shape index (κ1) is 20.5. The second-order valence-electron chi connectivity index (χ2n) is 7.45. The lowest BCUT2D eigenvalue weighted by molar-refractivity contribution is 0.0949. The number of piperidine rings is 1. The van der Waals surface area contributed by atoms with Crippen molar-refractivity contribution in [2.45, 2.75) is 37.6 Å². The van der Waals surface area contributed by atoms with Gasteiger partial charge in [-0.25, -0.2) is 8.42 Å². The topological polar surface area (TPSA) is 84.3 Å². The average molecular weight is 405 g/mol. The van der Waals surface area contributed by atoms with Gasteiger partial charge in [0.25, 0.3) is 15.9 Å². The van der Waals surface area contributed by atoms with Crippen LogP contribution in [0, 0.1) is 5.92 Å². The Morgan fingerprint density at radius 1 is 1.21 bits per heavy atom. The van der Waals surface area contributed by atoms with Gasteiger partial charge in [0.2, 0.25) is 5.03 Å². The molecule has 0 aliphatic carbocycles. The zero-order chi connectivity index (χ0) is 20.1. The van der Waals surface area contributed by atoms with E-state index >= 15 is 0 Å². The summed E-state index contributed by atoms with van der Waals surface area (Å²) in [5.74, 6) is 0.118. The highest BCUT2D eigenvalue weighted by Crippen LogP contribution is 2.24. The fourth-order valence-corrected chi connectivity index (χ4v) is 4.99. The predicted molar refractivity (Wildman–Crippen MR) is 107 cm³/mol. The molecule has 1 aromatic carbocycles. The van der Waals surface area contributed by atoms with Gasteiger partial charge in [-0.2, -0.15) is 9.40 Å². The van der Waals surface area contributed by atoms with Crippen LogP contribution < -0.4 is 5.32 Å². The monoisotopic (exact) mass is 404 g/mol. The largest absolute Gasteiger partial charge is 0.352 e. The second-order valence-corrected chi connectivity index (χ2v) is 9.31. The zero-order valence-corrected chi connectivity index (χ0v) is 17.3. The van der Waals surface area contributed by atoms with E-state index in [2.05, 4.69) is 17.3 Å². The molecule has 7 nitrogen and oxygen atoms in total. The third-order valence-electron chi connectivity index (χ3n) is 5.14. The first-order chi connectivity index (χ1) is 13.4. The lowest BCUT2D eigenvalue weighted by atomic mass is 10.0. The molecule has 3 rings (SSSR count). The Balaban J connectivity index is 1.65. The van der Waals surface area contributed by atoms with Gasteiger partial charge in [0.1, 0.15) is 0 Å². The van der Waals surface area contributed by atoms with Gasteiger partial charge in [-0.15, -0.1) is 0 Å². The van der Waals surface area contributed by atoms with Gasteiger partial charge in [0, 0.05) is 32.9 Å². The number of rotatable bonds is 7. The normalized spacial score (nSPS) is 16.2. The molecule has 0 unspecified atom stereocenters. The highest BCUT2D eigenvalue weighted by atomic mass is 32.2. The minimum atomic E-state index is -3.77. The molecule has 0 saturated carbocycles. The number of hydrogen-bond donors (Lipinski definition) is 1. The summed E-state index contributed by atoms with van der Waals surface area (Å²) in [5, 5.41) is 6.78. The van der Waals surface area contributed by atoms with Crippen LogP contribution in [0.2, 0.25) is 0 Å². The first-order valence-corrected chi connectivity index (χ1v) is 11.2. The van der Waals surface area contributed by atoms with Crippen LogP contribution in [0.5, 0.6) is 0 Å². The Kier molecular flexibility index (Phi) is 6.51. The van der Waals surface area contributed by atoms with Gasteiger partial charge in [-0.1, -0.05) is 37.3 Å². The minimum Gasteiger partial charge on any atom is -0.352 e. The molecule has 2 heterocycles. The van der Waals surface area contributed by atoms with Crippen molar-refractivity contribution in [3.8, 4) is 0 Å². The lowest BCUT2D eigenvalue weighted by Gasteiger charge is -2.28. The van der Waals surface area contributed by atoms with E-state index in [1.165, 1.54) is 20.7 Å². The lowest BCUT2D eigenvalue weighted by Crippen LogP contribution is -2.39. The average Bonchev–Trinajstić information content (AvgIpc) is 3.09. The van der Waals surface area contributed by atoms with Gasteiger partial charge < -0.3 is 5.32 Å². The van der Waals surface area contributed by atoms with E-state index in [4.69, 9.17) is 0 Å². The van der Waals surface area contributed by atoms with Crippen LogP contribution >= 0.6 is 0 Å². The Labute approximate surface area is 166 Å². The number of benzene rings is 1. The van der Waals surface area contributed by atoms with E-state index in [0.29, 0.717) is 25.6 Å². The summed E-state index contributed by atoms with van der Waals surface area (Å²) >= 11 is 0. The van der Waals surface area contributed by atoms with Crippen molar-refractivity contribution in [2.75, 3.05) is 19.6 Å². The third kappa shape index (κ3) is 4.80. The molecule has 1 saturated heterocycles. The van der Waals surface area contributed by atoms with Crippen LogP contribution in [-0.2, 0) is 23.5 Å². The second kappa shape index (κ2) is 8.87. The molecule has 2 aromatic rings. The van der Waals surface area contributed by atoms with Crippen molar-refractivity contribution in [1.82, 2.24) is 19.4 Å². The van der Waals surface area contributed by atoms with E-state index in [1.54, 1.807) is 7.05 Å². The summed E-state index contributed by atoms with van der Waals surface area (Å²) < 4.78 is 28.9. The van der Waals surface area contributed by atoms with Gasteiger partial charge in [-0.05, 0) is 37.2 Å². The Bertz CT molecular complexity index is 901. The molecule has 1 N–H and O–H groups in total. The molecular weight excluding hydrogens is 376 g/mol. The van der Waals surface area contributed by atoms with Crippen molar-refractivity contribution in [1.29, 1.82) is 0 Å². The van der Waals surface area contributed by atoms with E-state index in [9.17, 15) is 13.2 Å². The Morgan fingerprint density at radius 2 is 1.89 bits per heavy atom. The van der Waals surface area contributed by atoms with Crippen LogP contribution in [0.3, 0.4) is 0 Å². The predicted octanol–water partition coefficient (Wildman–Crippen LogP) is 2.20. The molecule has 0 atom stereocenters. The van der Waals surface area contributed by atoms with Crippen LogP contribution in [0.1, 0.15) is 42.1 Å². The van der Waals surface area contributed by atoms with Crippen LogP contribution in [0.15, 0.2) is 41.6 Å². The number of aromatic nitrogens is 2. The summed E-state index contributed by atoms with van der Waals surface area (Å²) in [6.07, 6.45) is 4.76. The van der Waals surface area contributed by atoms with Gasteiger partial charge in [0.05, 0.1) is 5.56 Å². The summed E-state index contributed by atoms with van der Waals surface area (Å²) in [6, 6.07) is 10.0. The summed E-state index contributed by atoms with van der Waals surface area (Å²) in [7, 11) is -2.14. The van der Waals surface area contributed by atoms with E-state index in [-0.39, 0.29) is 10.6 Å². The molecule has 1 aliphatic heterocycles. The van der Waals surface area contributed by atoms with E-state index in [0.717, 1.165) is 25.7 Å². The number of amides is 1. The van der Waals surface area contributed by atoms with Crippen molar-refractivity contribution >= 4 is 15.9 Å². The Hall–Kier alpha value is -2.19. The summed E-state index contributed by atoms with van der Waals surface area (Å²) in [4.78, 5) is 12.6. The Morgan fingerprint density at radius 3 is 2.57 bits per heavy atom. The van der Waals surface area contributed by atoms with E-state index in [1.807, 2.05) is 30.3 Å². The fraction of sp³-hybridized carbons (Fsp3) is 0.500. The molecule has 28 heavy (non-hydrogen) atoms. The van der Waals surface area contributed by atoms with Crippen molar-refractivity contribution < 1.29 is 13.2 Å². The number of nitrogens with one attached hydrogen (secondary N) is 1. The maximum Gasteiger partial charge on any atom is 0.263 e. The van der Waals surface area contributed by atoms with Gasteiger partial charge in [-0.3, -0.25) is 9.48 Å². The van der Waals surface area contributed by atoms with Crippen molar-refractivity contribution in [3.05, 3.63) is 47.7 Å². The van der Waals surface area contributed by atoms with Crippen LogP contribution in [0.25, 0.3) is 0 Å². The molecule has 8 heteroatoms. The minimum absolute atomic E-state index is 0.112. The summed E-state index contributed by atoms with van der Waals surface area (Å²) in [6.45, 7) is 3.54. The molecule has 152 valence electrons. The maximum atomic E-state index is 13.0. The molecule has 1 fully saturated rings. The molecule has 0 bridgehead atoms. The molecule has 1 amide bonds. The number of carbonyl (C=O) groups is 1. The maximum absolute atomic E-state index is 13.0. The number of nitrogens with zero attached hydrogens (tertiary/aromatic N) is 3. The molecular formula is C20H28N4O3S. The number of hydrogen-bond acceptors (Lipinski definition) is 4. The van der Waals surface area contributed by atoms with Crippen molar-refractivity contribution in [3.63, 3.8) is 0 Å². The van der Waals surface area contributed by atoms with Gasteiger partial charge >= 0.3 is 0 Å². The zero-order valence-electron chi connectivity index (χ0n) is 16.5. The number of carbonyl (C=O) groups excluding carboxylic acids is 1. The first-order valence-electron chi connectivity index (χ1n) is 9.74. The van der Waals surface area contributed by atoms with E-state index < -0.39 is 15.9 Å². The van der Waals surface area contributed by atoms with Crippen molar-refractivity contribution in [2.24, 2.45) is 13.0 Å². The molecule has 0 radical (unpaired) electrons. The van der Waals surface area contributed by atoms with Gasteiger partial charge in [0.15, 0.2) is 0 Å². The molecule has 1 aliphatic rings. The quantitative estimate of drug-likeness (QED) is 0.717. The van der Waals surface area contributed by atoms with Crippen LogP contribution in [0.4, 0.5) is 0 Å². The highest BCUT2D eigenvalue weighted by Gasteiger charge is 2.34. The summed E-state index contributed by atoms with van der Waals surface area (Å²) in [5.41, 5.74) is 1.32. The highest BCUT2D eigenvalue weighted by molar-refractivity contribution is 7.89. The fourth-order valence-electron chi connectivity index (χ4n) is 3.40. The van der Waals surface area contributed by atoms with Crippen LogP contribution in [-0.4, -0.2) is 48.0 Å². The molecule has 0 spiro atoms. The number of aryl methyl sites for hydroxylation is 2. The number of sulfonamides is 1. The SMILES string of the molecule is CC1CCN(S(=O)(=O)c2nn(C)cc2C(=O)NCCCc2ccccc2)CC1. The third-order valence-corrected chi connectivity index (χ3v) is 6.97.